The Labute approximate surface area is 149 Å². The van der Waals surface area contributed by atoms with Crippen molar-refractivity contribution in [3.8, 4) is 11.3 Å². The predicted octanol–water partition coefficient (Wildman–Crippen LogP) is 4.06. The van der Waals surface area contributed by atoms with Gasteiger partial charge in [0.25, 0.3) is 5.91 Å². The maximum Gasteiger partial charge on any atom is 0.293 e. The van der Waals surface area contributed by atoms with Gasteiger partial charge in [-0.3, -0.25) is 4.79 Å². The van der Waals surface area contributed by atoms with Crippen molar-refractivity contribution in [2.75, 3.05) is 6.54 Å². The number of aryl methyl sites for hydroxylation is 2. The molecule has 1 saturated heterocycles. The summed E-state index contributed by atoms with van der Waals surface area (Å²) in [4.78, 5) is 14.7. The third-order valence-corrected chi connectivity index (χ3v) is 4.80. The van der Waals surface area contributed by atoms with E-state index >= 15 is 0 Å². The molecular weight excluding hydrogens is 337 g/mol. The van der Waals surface area contributed by atoms with Crippen LogP contribution in [0.1, 0.15) is 46.5 Å². The van der Waals surface area contributed by atoms with Gasteiger partial charge in [-0.15, -0.1) is 0 Å². The quantitative estimate of drug-likeness (QED) is 0.708. The summed E-state index contributed by atoms with van der Waals surface area (Å²) in [5.74, 6) is 0.362. The van der Waals surface area contributed by atoms with Crippen LogP contribution >= 0.6 is 0 Å². The van der Waals surface area contributed by atoms with Crippen molar-refractivity contribution in [3.05, 3.63) is 58.9 Å². The zero-order chi connectivity index (χ0) is 18.3. The molecule has 0 N–H and O–H groups in total. The van der Waals surface area contributed by atoms with Crippen molar-refractivity contribution in [1.82, 2.24) is 15.2 Å². The number of aromatic nitrogens is 2. The fourth-order valence-corrected chi connectivity index (χ4v) is 3.55. The van der Waals surface area contributed by atoms with Gasteiger partial charge in [-0.25, -0.2) is 4.39 Å². The van der Waals surface area contributed by atoms with Crippen LogP contribution in [0.25, 0.3) is 11.3 Å². The van der Waals surface area contributed by atoms with Gasteiger partial charge in [-0.05, 0) is 51.0 Å². The first-order valence-electron chi connectivity index (χ1n) is 8.51. The van der Waals surface area contributed by atoms with Gasteiger partial charge >= 0.3 is 0 Å². The highest BCUT2D eigenvalue weighted by Gasteiger charge is 2.35. The van der Waals surface area contributed by atoms with Crippen molar-refractivity contribution in [3.63, 3.8) is 0 Å². The Hall–Kier alpha value is -2.96. The van der Waals surface area contributed by atoms with Crippen LogP contribution in [-0.4, -0.2) is 27.7 Å². The van der Waals surface area contributed by atoms with Crippen molar-refractivity contribution in [2.24, 2.45) is 0 Å². The van der Waals surface area contributed by atoms with Crippen LogP contribution in [-0.2, 0) is 0 Å². The molecule has 134 valence electrons. The largest absolute Gasteiger partial charge is 0.361 e. The zero-order valence-electron chi connectivity index (χ0n) is 14.5. The summed E-state index contributed by atoms with van der Waals surface area (Å²) in [5.41, 5.74) is 2.96. The normalized spacial score (nSPS) is 17.0. The third-order valence-electron chi connectivity index (χ3n) is 4.80. The predicted molar refractivity (Wildman–Crippen MR) is 90.9 cm³/mol. The average molecular weight is 355 g/mol. The number of nitrogens with zero attached hydrogens (tertiary/aromatic N) is 3. The van der Waals surface area contributed by atoms with Crippen LogP contribution in [0.15, 0.2) is 39.4 Å². The van der Waals surface area contributed by atoms with E-state index in [1.165, 1.54) is 12.1 Å². The lowest BCUT2D eigenvalue weighted by molar-refractivity contribution is 0.0692. The summed E-state index contributed by atoms with van der Waals surface area (Å²) in [6.07, 6.45) is 1.76. The van der Waals surface area contributed by atoms with Gasteiger partial charge in [0.2, 0.25) is 5.76 Å². The molecule has 4 rings (SSSR count). The van der Waals surface area contributed by atoms with Crippen LogP contribution in [0.3, 0.4) is 0 Å². The summed E-state index contributed by atoms with van der Waals surface area (Å²) < 4.78 is 23.6. The van der Waals surface area contributed by atoms with Gasteiger partial charge in [0.1, 0.15) is 17.3 Å². The lowest BCUT2D eigenvalue weighted by Crippen LogP contribution is -2.30. The molecule has 7 heteroatoms. The van der Waals surface area contributed by atoms with Gasteiger partial charge in [-0.2, -0.15) is 0 Å². The number of carbonyl (C=O) groups excluding carboxylic acids is 1. The number of hydrogen-bond donors (Lipinski definition) is 0. The Kier molecular flexibility index (Phi) is 4.06. The summed E-state index contributed by atoms with van der Waals surface area (Å²) in [6, 6.07) is 7.42. The smallest absolute Gasteiger partial charge is 0.293 e. The molecular formula is C19H18FN3O3. The zero-order valence-corrected chi connectivity index (χ0v) is 14.5. The standard InChI is InChI=1S/C19H18FN3O3/c1-11-18(12(2)25-21-11)16-4-3-9-23(16)19(24)17-10-15(22-26-17)13-5-7-14(20)8-6-13/h5-8,10,16H,3-4,9H2,1-2H3/t16-/m0/s1. The molecule has 3 aromatic rings. The van der Waals surface area contributed by atoms with E-state index in [2.05, 4.69) is 10.3 Å². The first-order chi connectivity index (χ1) is 12.5. The molecule has 2 aromatic heterocycles. The number of rotatable bonds is 3. The Balaban J connectivity index is 1.60. The SMILES string of the molecule is Cc1noc(C)c1[C@@H]1CCCN1C(=O)c1cc(-c2ccc(F)cc2)no1. The Morgan fingerprint density at radius 2 is 1.96 bits per heavy atom. The van der Waals surface area contributed by atoms with E-state index in [-0.39, 0.29) is 23.5 Å². The highest BCUT2D eigenvalue weighted by molar-refractivity contribution is 5.93. The maximum absolute atomic E-state index is 13.1. The van der Waals surface area contributed by atoms with Gasteiger partial charge in [-0.1, -0.05) is 10.3 Å². The number of carbonyl (C=O) groups is 1. The van der Waals surface area contributed by atoms with Crippen molar-refractivity contribution in [1.29, 1.82) is 0 Å². The van der Waals surface area contributed by atoms with Crippen LogP contribution in [0, 0.1) is 19.7 Å². The fraction of sp³-hybridized carbons (Fsp3) is 0.316. The van der Waals surface area contributed by atoms with E-state index < -0.39 is 0 Å². The summed E-state index contributed by atoms with van der Waals surface area (Å²) in [5, 5.41) is 7.95. The molecule has 3 heterocycles. The highest BCUT2D eigenvalue weighted by atomic mass is 19.1. The minimum absolute atomic E-state index is 0.0758. The molecule has 0 unspecified atom stereocenters. The van der Waals surface area contributed by atoms with E-state index in [9.17, 15) is 9.18 Å². The second-order valence-corrected chi connectivity index (χ2v) is 6.48. The second-order valence-electron chi connectivity index (χ2n) is 6.48. The first-order valence-corrected chi connectivity index (χ1v) is 8.51. The highest BCUT2D eigenvalue weighted by Crippen LogP contribution is 2.36. The molecule has 1 amide bonds. The molecule has 0 spiro atoms. The van der Waals surface area contributed by atoms with E-state index in [1.807, 2.05) is 13.8 Å². The molecule has 0 bridgehead atoms. The molecule has 1 aromatic carbocycles. The summed E-state index contributed by atoms with van der Waals surface area (Å²) in [7, 11) is 0. The Morgan fingerprint density at radius 3 is 2.65 bits per heavy atom. The molecule has 0 radical (unpaired) electrons. The third kappa shape index (κ3) is 2.79. The molecule has 0 aliphatic carbocycles. The molecule has 1 fully saturated rings. The Bertz CT molecular complexity index is 926. The number of benzene rings is 1. The number of halogens is 1. The summed E-state index contributed by atoms with van der Waals surface area (Å²) >= 11 is 0. The van der Waals surface area contributed by atoms with Gasteiger partial charge < -0.3 is 13.9 Å². The lowest BCUT2D eigenvalue weighted by Gasteiger charge is -2.23. The van der Waals surface area contributed by atoms with Crippen LogP contribution in [0.2, 0.25) is 0 Å². The monoisotopic (exact) mass is 355 g/mol. The Morgan fingerprint density at radius 1 is 1.19 bits per heavy atom. The minimum Gasteiger partial charge on any atom is -0.361 e. The van der Waals surface area contributed by atoms with Crippen LogP contribution in [0.5, 0.6) is 0 Å². The van der Waals surface area contributed by atoms with Crippen molar-refractivity contribution >= 4 is 5.91 Å². The number of amides is 1. The van der Waals surface area contributed by atoms with E-state index in [1.54, 1.807) is 23.1 Å². The number of likely N-dealkylation sites (tertiary alicyclic amines) is 1. The first kappa shape index (κ1) is 16.5. The molecule has 6 nitrogen and oxygen atoms in total. The van der Waals surface area contributed by atoms with Crippen LogP contribution in [0.4, 0.5) is 4.39 Å². The second kappa shape index (κ2) is 6.40. The average Bonchev–Trinajstić information content (AvgIpc) is 3.35. The minimum atomic E-state index is -0.326. The maximum atomic E-state index is 13.1. The molecule has 1 aliphatic heterocycles. The van der Waals surface area contributed by atoms with Crippen LogP contribution < -0.4 is 0 Å². The van der Waals surface area contributed by atoms with Gasteiger partial charge in [0.05, 0.1) is 11.7 Å². The lowest BCUT2D eigenvalue weighted by atomic mass is 10.0. The van der Waals surface area contributed by atoms with Crippen molar-refractivity contribution < 1.29 is 18.2 Å². The summed E-state index contributed by atoms with van der Waals surface area (Å²) in [6.45, 7) is 4.38. The van der Waals surface area contributed by atoms with Gasteiger partial charge in [0.15, 0.2) is 0 Å². The molecule has 26 heavy (non-hydrogen) atoms. The van der Waals surface area contributed by atoms with E-state index in [0.717, 1.165) is 29.9 Å². The fourth-order valence-electron chi connectivity index (χ4n) is 3.55. The van der Waals surface area contributed by atoms with Crippen molar-refractivity contribution in [2.45, 2.75) is 32.7 Å². The number of hydrogen-bond acceptors (Lipinski definition) is 5. The van der Waals surface area contributed by atoms with E-state index in [4.69, 9.17) is 9.05 Å². The van der Waals surface area contributed by atoms with E-state index in [0.29, 0.717) is 17.8 Å². The molecule has 1 aliphatic rings. The molecule has 1 atom stereocenters. The molecule has 0 saturated carbocycles. The van der Waals surface area contributed by atoms with Gasteiger partial charge in [0, 0.05) is 23.7 Å². The topological polar surface area (TPSA) is 72.4 Å².